The van der Waals surface area contributed by atoms with Gasteiger partial charge in [-0.1, -0.05) is 44.0 Å². The average molecular weight is 271 g/mol. The molecular formula is C19H29N. The zero-order valence-corrected chi connectivity index (χ0v) is 12.9. The number of hydrogen-bond acceptors (Lipinski definition) is 1. The molecule has 20 heavy (non-hydrogen) atoms. The summed E-state index contributed by atoms with van der Waals surface area (Å²) in [5.74, 6) is 2.63. The molecule has 1 N–H and O–H groups in total. The fourth-order valence-corrected chi connectivity index (χ4v) is 4.00. The van der Waals surface area contributed by atoms with Crippen molar-refractivity contribution < 1.29 is 0 Å². The molecule has 1 aliphatic heterocycles. The summed E-state index contributed by atoms with van der Waals surface area (Å²) < 4.78 is 0. The molecule has 0 bridgehead atoms. The van der Waals surface area contributed by atoms with Crippen molar-refractivity contribution in [3.05, 3.63) is 35.4 Å². The molecule has 1 unspecified atom stereocenters. The van der Waals surface area contributed by atoms with Crippen molar-refractivity contribution in [1.29, 1.82) is 0 Å². The Labute approximate surface area is 124 Å². The Balaban J connectivity index is 1.63. The molecule has 0 spiro atoms. The lowest BCUT2D eigenvalue weighted by Crippen LogP contribution is -2.30. The van der Waals surface area contributed by atoms with Gasteiger partial charge in [0.1, 0.15) is 0 Å². The van der Waals surface area contributed by atoms with Crippen LogP contribution in [0, 0.1) is 11.8 Å². The largest absolute Gasteiger partial charge is 0.316 e. The second-order valence-corrected chi connectivity index (χ2v) is 7.12. The summed E-state index contributed by atoms with van der Waals surface area (Å²) in [5, 5.41) is 3.54. The fraction of sp³-hybridized carbons (Fsp3) is 0.684. The van der Waals surface area contributed by atoms with Gasteiger partial charge in [0.15, 0.2) is 0 Å². The molecule has 1 aliphatic carbocycles. The Hall–Kier alpha value is -0.820. The van der Waals surface area contributed by atoms with Crippen LogP contribution in [0.1, 0.15) is 62.5 Å². The smallest absolute Gasteiger partial charge is 0.00173 e. The van der Waals surface area contributed by atoms with Gasteiger partial charge in [-0.05, 0) is 74.1 Å². The van der Waals surface area contributed by atoms with E-state index < -0.39 is 0 Å². The maximum Gasteiger partial charge on any atom is -0.00173 e. The molecular weight excluding hydrogens is 242 g/mol. The molecule has 1 saturated carbocycles. The first-order valence-corrected chi connectivity index (χ1v) is 8.61. The maximum absolute atomic E-state index is 3.54. The number of nitrogens with one attached hydrogen (secondary N) is 1. The zero-order valence-electron chi connectivity index (χ0n) is 12.9. The Kier molecular flexibility index (Phi) is 4.77. The van der Waals surface area contributed by atoms with E-state index in [-0.39, 0.29) is 0 Å². The number of piperidine rings is 1. The first-order valence-electron chi connectivity index (χ1n) is 8.61. The molecule has 1 aromatic carbocycles. The molecule has 3 rings (SSSR count). The van der Waals surface area contributed by atoms with E-state index in [4.69, 9.17) is 0 Å². The van der Waals surface area contributed by atoms with Crippen LogP contribution < -0.4 is 5.32 Å². The highest BCUT2D eigenvalue weighted by atomic mass is 14.9. The lowest BCUT2D eigenvalue weighted by molar-refractivity contribution is 0.347. The Morgan fingerprint density at radius 1 is 1.10 bits per heavy atom. The molecule has 2 fully saturated rings. The quantitative estimate of drug-likeness (QED) is 0.852. The van der Waals surface area contributed by atoms with Gasteiger partial charge in [-0.3, -0.25) is 0 Å². The zero-order chi connectivity index (χ0) is 13.8. The van der Waals surface area contributed by atoms with E-state index in [1.54, 1.807) is 11.1 Å². The van der Waals surface area contributed by atoms with E-state index in [1.807, 2.05) is 0 Å². The van der Waals surface area contributed by atoms with Crippen molar-refractivity contribution in [3.8, 4) is 0 Å². The van der Waals surface area contributed by atoms with Crippen molar-refractivity contribution in [1.82, 2.24) is 5.32 Å². The topological polar surface area (TPSA) is 12.0 Å². The van der Waals surface area contributed by atoms with Gasteiger partial charge in [-0.15, -0.1) is 0 Å². The number of benzene rings is 1. The monoisotopic (exact) mass is 271 g/mol. The van der Waals surface area contributed by atoms with Crippen molar-refractivity contribution in [3.63, 3.8) is 0 Å². The van der Waals surface area contributed by atoms with Gasteiger partial charge in [0.05, 0.1) is 0 Å². The molecule has 1 atom stereocenters. The third kappa shape index (κ3) is 3.63. The van der Waals surface area contributed by atoms with E-state index in [2.05, 4.69) is 36.5 Å². The Morgan fingerprint density at radius 3 is 2.70 bits per heavy atom. The highest BCUT2D eigenvalue weighted by Gasteiger charge is 2.20. The molecule has 0 aromatic heterocycles. The molecule has 0 radical (unpaired) electrons. The summed E-state index contributed by atoms with van der Waals surface area (Å²) in [6, 6.07) is 9.50. The van der Waals surface area contributed by atoms with Crippen LogP contribution in [-0.4, -0.2) is 13.1 Å². The lowest BCUT2D eigenvalue weighted by Gasteiger charge is -2.27. The molecule has 110 valence electrons. The normalized spacial score (nSPS) is 31.1. The SMILES string of the molecule is CC1CCC(c2cccc(CC3CCCNC3)c2)CC1. The standard InChI is InChI=1S/C19H29N/c1-15-7-9-18(10-8-15)19-6-2-4-16(13-19)12-17-5-3-11-20-14-17/h2,4,6,13,15,17-18,20H,3,5,7-12,14H2,1H3. The number of rotatable bonds is 3. The minimum atomic E-state index is 0.829. The maximum atomic E-state index is 3.54. The van der Waals surface area contributed by atoms with Crippen LogP contribution in [0.5, 0.6) is 0 Å². The minimum absolute atomic E-state index is 0.829. The van der Waals surface area contributed by atoms with Crippen LogP contribution in [0.15, 0.2) is 24.3 Å². The predicted octanol–water partition coefficient (Wildman–Crippen LogP) is 4.52. The molecule has 1 aromatic rings. The summed E-state index contributed by atoms with van der Waals surface area (Å²) in [5.41, 5.74) is 3.17. The van der Waals surface area contributed by atoms with Crippen LogP contribution in [0.4, 0.5) is 0 Å². The van der Waals surface area contributed by atoms with Crippen molar-refractivity contribution in [2.45, 2.75) is 57.8 Å². The molecule has 1 heteroatoms. The van der Waals surface area contributed by atoms with Gasteiger partial charge < -0.3 is 5.32 Å². The van der Waals surface area contributed by atoms with Crippen LogP contribution >= 0.6 is 0 Å². The van der Waals surface area contributed by atoms with E-state index in [0.29, 0.717) is 0 Å². The van der Waals surface area contributed by atoms with Gasteiger partial charge in [-0.2, -0.15) is 0 Å². The van der Waals surface area contributed by atoms with E-state index in [1.165, 1.54) is 58.0 Å². The van der Waals surface area contributed by atoms with Crippen molar-refractivity contribution >= 4 is 0 Å². The first kappa shape index (κ1) is 14.1. The van der Waals surface area contributed by atoms with Crippen LogP contribution in [0.25, 0.3) is 0 Å². The lowest BCUT2D eigenvalue weighted by atomic mass is 9.79. The summed E-state index contributed by atoms with van der Waals surface area (Å²) in [7, 11) is 0. The molecule has 2 aliphatic rings. The third-order valence-corrected chi connectivity index (χ3v) is 5.36. The summed E-state index contributed by atoms with van der Waals surface area (Å²) in [6.45, 7) is 4.84. The Bertz CT molecular complexity index is 412. The molecule has 1 heterocycles. The van der Waals surface area contributed by atoms with E-state index in [9.17, 15) is 0 Å². The fourth-order valence-electron chi connectivity index (χ4n) is 4.00. The molecule has 1 nitrogen and oxygen atoms in total. The van der Waals surface area contributed by atoms with Crippen LogP contribution in [0.2, 0.25) is 0 Å². The minimum Gasteiger partial charge on any atom is -0.316 e. The summed E-state index contributed by atoms with van der Waals surface area (Å²) in [4.78, 5) is 0. The highest BCUT2D eigenvalue weighted by Crippen LogP contribution is 2.35. The molecule has 1 saturated heterocycles. The van der Waals surface area contributed by atoms with Crippen LogP contribution in [0.3, 0.4) is 0 Å². The number of hydrogen-bond donors (Lipinski definition) is 1. The van der Waals surface area contributed by atoms with Gasteiger partial charge in [0.25, 0.3) is 0 Å². The van der Waals surface area contributed by atoms with Gasteiger partial charge >= 0.3 is 0 Å². The first-order chi connectivity index (χ1) is 9.81. The summed E-state index contributed by atoms with van der Waals surface area (Å²) >= 11 is 0. The summed E-state index contributed by atoms with van der Waals surface area (Å²) in [6.07, 6.45) is 9.65. The third-order valence-electron chi connectivity index (χ3n) is 5.36. The van der Waals surface area contributed by atoms with E-state index >= 15 is 0 Å². The second kappa shape index (κ2) is 6.76. The van der Waals surface area contributed by atoms with Crippen molar-refractivity contribution in [2.24, 2.45) is 11.8 Å². The van der Waals surface area contributed by atoms with E-state index in [0.717, 1.165) is 17.8 Å². The van der Waals surface area contributed by atoms with Crippen molar-refractivity contribution in [2.75, 3.05) is 13.1 Å². The average Bonchev–Trinajstić information content (AvgIpc) is 2.49. The van der Waals surface area contributed by atoms with Gasteiger partial charge in [0, 0.05) is 0 Å². The predicted molar refractivity (Wildman–Crippen MR) is 86.1 cm³/mol. The second-order valence-electron chi connectivity index (χ2n) is 7.12. The Morgan fingerprint density at radius 2 is 1.95 bits per heavy atom. The van der Waals surface area contributed by atoms with Gasteiger partial charge in [0.2, 0.25) is 0 Å². The highest BCUT2D eigenvalue weighted by molar-refractivity contribution is 5.27. The van der Waals surface area contributed by atoms with Gasteiger partial charge in [-0.25, -0.2) is 0 Å². The van der Waals surface area contributed by atoms with Crippen LogP contribution in [-0.2, 0) is 6.42 Å². The molecule has 0 amide bonds.